The molecule has 0 bridgehead atoms. The van der Waals surface area contributed by atoms with Crippen LogP contribution in [0.25, 0.3) is 5.69 Å². The highest BCUT2D eigenvalue weighted by Crippen LogP contribution is 2.37. The quantitative estimate of drug-likeness (QED) is 0.919. The van der Waals surface area contributed by atoms with Gasteiger partial charge in [-0.15, -0.1) is 0 Å². The SMILES string of the molecule is NC1CCC2CN(C(=O)c3cncn3-c3ccc(F)cc3)CC12. The van der Waals surface area contributed by atoms with Gasteiger partial charge in [-0.2, -0.15) is 0 Å². The van der Waals surface area contributed by atoms with Gasteiger partial charge in [-0.05, 0) is 48.9 Å². The number of likely N-dealkylation sites (tertiary alicyclic amines) is 1. The number of aromatic nitrogens is 2. The van der Waals surface area contributed by atoms with E-state index >= 15 is 0 Å². The average Bonchev–Trinajstić information content (AvgIpc) is 3.25. The van der Waals surface area contributed by atoms with Gasteiger partial charge in [0.05, 0.1) is 12.5 Å². The topological polar surface area (TPSA) is 64.2 Å². The summed E-state index contributed by atoms with van der Waals surface area (Å²) in [6.07, 6.45) is 5.32. The van der Waals surface area contributed by atoms with Crippen LogP contribution in [-0.4, -0.2) is 39.5 Å². The zero-order valence-corrected chi connectivity index (χ0v) is 12.7. The Morgan fingerprint density at radius 3 is 2.74 bits per heavy atom. The molecule has 0 radical (unpaired) electrons. The van der Waals surface area contributed by atoms with Crippen LogP contribution in [0.15, 0.2) is 36.8 Å². The van der Waals surface area contributed by atoms with E-state index in [1.165, 1.54) is 12.1 Å². The Hall–Kier alpha value is -2.21. The third-order valence-electron chi connectivity index (χ3n) is 5.16. The molecule has 4 rings (SSSR count). The molecular formula is C17H19FN4O. The minimum absolute atomic E-state index is 0.0339. The summed E-state index contributed by atoms with van der Waals surface area (Å²) in [7, 11) is 0. The van der Waals surface area contributed by atoms with Gasteiger partial charge in [0.2, 0.25) is 0 Å². The fourth-order valence-electron chi connectivity index (χ4n) is 3.90. The summed E-state index contributed by atoms with van der Waals surface area (Å²) >= 11 is 0. The second-order valence-electron chi connectivity index (χ2n) is 6.50. The van der Waals surface area contributed by atoms with Gasteiger partial charge >= 0.3 is 0 Å². The number of nitrogens with zero attached hydrogens (tertiary/aromatic N) is 3. The number of hydrogen-bond donors (Lipinski definition) is 1. The first-order valence-electron chi connectivity index (χ1n) is 7.96. The van der Waals surface area contributed by atoms with Crippen molar-refractivity contribution in [1.82, 2.24) is 14.5 Å². The zero-order chi connectivity index (χ0) is 16.0. The van der Waals surface area contributed by atoms with Crippen LogP contribution < -0.4 is 5.73 Å². The molecule has 3 unspecified atom stereocenters. The van der Waals surface area contributed by atoms with Crippen LogP contribution in [0.1, 0.15) is 23.3 Å². The number of hydrogen-bond acceptors (Lipinski definition) is 3. The molecule has 2 heterocycles. The number of halogens is 1. The number of imidazole rings is 1. The van der Waals surface area contributed by atoms with Crippen molar-refractivity contribution in [2.24, 2.45) is 17.6 Å². The van der Waals surface area contributed by atoms with Gasteiger partial charge < -0.3 is 10.6 Å². The van der Waals surface area contributed by atoms with E-state index in [1.54, 1.807) is 29.2 Å². The molecule has 1 saturated heterocycles. The lowest BCUT2D eigenvalue weighted by molar-refractivity contribution is 0.0771. The lowest BCUT2D eigenvalue weighted by Crippen LogP contribution is -2.34. The highest BCUT2D eigenvalue weighted by molar-refractivity contribution is 5.93. The maximum absolute atomic E-state index is 13.1. The molecule has 1 aromatic heterocycles. The summed E-state index contributed by atoms with van der Waals surface area (Å²) in [4.78, 5) is 18.8. The number of amides is 1. The number of benzene rings is 1. The number of nitrogens with two attached hydrogens (primary N) is 1. The first-order valence-corrected chi connectivity index (χ1v) is 7.96. The van der Waals surface area contributed by atoms with Crippen LogP contribution in [0, 0.1) is 17.7 Å². The van der Waals surface area contributed by atoms with Crippen LogP contribution in [0.2, 0.25) is 0 Å². The van der Waals surface area contributed by atoms with Crippen molar-refractivity contribution in [3.8, 4) is 5.69 Å². The summed E-state index contributed by atoms with van der Waals surface area (Å²) in [6, 6.07) is 6.25. The molecule has 3 atom stereocenters. The molecule has 1 amide bonds. The Bertz CT molecular complexity index is 726. The molecule has 1 aliphatic heterocycles. The van der Waals surface area contributed by atoms with E-state index in [4.69, 9.17) is 5.73 Å². The molecule has 23 heavy (non-hydrogen) atoms. The van der Waals surface area contributed by atoms with E-state index in [0.717, 1.165) is 31.6 Å². The highest BCUT2D eigenvalue weighted by Gasteiger charge is 2.43. The van der Waals surface area contributed by atoms with E-state index in [0.29, 0.717) is 17.5 Å². The first-order chi connectivity index (χ1) is 11.1. The van der Waals surface area contributed by atoms with Gasteiger partial charge in [0, 0.05) is 24.8 Å². The molecule has 120 valence electrons. The summed E-state index contributed by atoms with van der Waals surface area (Å²) in [5, 5.41) is 0. The summed E-state index contributed by atoms with van der Waals surface area (Å²) in [5.41, 5.74) is 7.38. The lowest BCUT2D eigenvalue weighted by Gasteiger charge is -2.19. The van der Waals surface area contributed by atoms with Crippen molar-refractivity contribution in [2.75, 3.05) is 13.1 Å². The molecule has 2 fully saturated rings. The summed E-state index contributed by atoms with van der Waals surface area (Å²) in [6.45, 7) is 1.49. The Morgan fingerprint density at radius 2 is 2.00 bits per heavy atom. The molecule has 2 N–H and O–H groups in total. The van der Waals surface area contributed by atoms with E-state index in [9.17, 15) is 9.18 Å². The molecule has 1 aliphatic carbocycles. The van der Waals surface area contributed by atoms with Crippen LogP contribution in [-0.2, 0) is 0 Å². The van der Waals surface area contributed by atoms with Crippen LogP contribution in [0.3, 0.4) is 0 Å². The number of fused-ring (bicyclic) bond motifs is 1. The van der Waals surface area contributed by atoms with E-state index in [1.807, 2.05) is 4.90 Å². The third kappa shape index (κ3) is 2.43. The zero-order valence-electron chi connectivity index (χ0n) is 12.7. The highest BCUT2D eigenvalue weighted by atomic mass is 19.1. The van der Waals surface area contributed by atoms with Gasteiger partial charge in [0.15, 0.2) is 0 Å². The van der Waals surface area contributed by atoms with Crippen LogP contribution >= 0.6 is 0 Å². The molecular weight excluding hydrogens is 295 g/mol. The standard InChI is InChI=1S/C17H19FN4O/c18-12-2-4-13(5-3-12)22-10-20-7-16(22)17(23)21-8-11-1-6-15(19)14(11)9-21/h2-5,7,10-11,14-15H,1,6,8-9,19H2. The minimum atomic E-state index is -0.303. The molecule has 0 spiro atoms. The predicted molar refractivity (Wildman–Crippen MR) is 83.6 cm³/mol. The van der Waals surface area contributed by atoms with E-state index in [2.05, 4.69) is 4.98 Å². The van der Waals surface area contributed by atoms with E-state index in [-0.39, 0.29) is 17.8 Å². The summed E-state index contributed by atoms with van der Waals surface area (Å²) in [5.74, 6) is 0.605. The van der Waals surface area contributed by atoms with Gasteiger partial charge in [-0.25, -0.2) is 9.37 Å². The normalized spacial score (nSPS) is 26.5. The number of carbonyl (C=O) groups is 1. The second kappa shape index (κ2) is 5.45. The molecule has 1 saturated carbocycles. The number of carbonyl (C=O) groups excluding carboxylic acids is 1. The fraction of sp³-hybridized carbons (Fsp3) is 0.412. The fourth-order valence-corrected chi connectivity index (χ4v) is 3.90. The monoisotopic (exact) mass is 314 g/mol. The maximum Gasteiger partial charge on any atom is 0.272 e. The van der Waals surface area contributed by atoms with Crippen molar-refractivity contribution in [1.29, 1.82) is 0 Å². The largest absolute Gasteiger partial charge is 0.337 e. The first kappa shape index (κ1) is 14.4. The van der Waals surface area contributed by atoms with Crippen molar-refractivity contribution >= 4 is 5.91 Å². The van der Waals surface area contributed by atoms with Crippen molar-refractivity contribution in [3.63, 3.8) is 0 Å². The lowest BCUT2D eigenvalue weighted by atomic mass is 9.98. The van der Waals surface area contributed by atoms with Gasteiger partial charge in [0.1, 0.15) is 11.5 Å². The molecule has 6 heteroatoms. The van der Waals surface area contributed by atoms with Gasteiger partial charge in [-0.3, -0.25) is 9.36 Å². The Kier molecular flexibility index (Phi) is 3.41. The average molecular weight is 314 g/mol. The van der Waals surface area contributed by atoms with Crippen LogP contribution in [0.5, 0.6) is 0 Å². The Morgan fingerprint density at radius 1 is 1.22 bits per heavy atom. The molecule has 2 aromatic rings. The van der Waals surface area contributed by atoms with Crippen molar-refractivity contribution < 1.29 is 9.18 Å². The molecule has 5 nitrogen and oxygen atoms in total. The predicted octanol–water partition coefficient (Wildman–Crippen LogP) is 1.82. The maximum atomic E-state index is 13.1. The Labute approximate surface area is 133 Å². The molecule has 1 aromatic carbocycles. The van der Waals surface area contributed by atoms with Crippen molar-refractivity contribution in [3.05, 3.63) is 48.3 Å². The smallest absolute Gasteiger partial charge is 0.272 e. The Balaban J connectivity index is 1.58. The number of rotatable bonds is 2. The second-order valence-corrected chi connectivity index (χ2v) is 6.50. The van der Waals surface area contributed by atoms with Gasteiger partial charge in [0.25, 0.3) is 5.91 Å². The van der Waals surface area contributed by atoms with E-state index < -0.39 is 0 Å². The minimum Gasteiger partial charge on any atom is -0.337 e. The molecule has 2 aliphatic rings. The van der Waals surface area contributed by atoms with Crippen molar-refractivity contribution in [2.45, 2.75) is 18.9 Å². The van der Waals surface area contributed by atoms with Gasteiger partial charge in [-0.1, -0.05) is 0 Å². The third-order valence-corrected chi connectivity index (χ3v) is 5.16. The summed E-state index contributed by atoms with van der Waals surface area (Å²) < 4.78 is 14.8. The van der Waals surface area contributed by atoms with Crippen LogP contribution in [0.4, 0.5) is 4.39 Å².